The molecular weight excluding hydrogens is 268 g/mol. The fraction of sp³-hybridized carbons (Fsp3) is 0.375. The van der Waals surface area contributed by atoms with Crippen molar-refractivity contribution in [1.82, 2.24) is 5.16 Å². The minimum Gasteiger partial charge on any atom is -0.497 e. The Hall–Kier alpha value is -2.30. The van der Waals surface area contributed by atoms with E-state index < -0.39 is 0 Å². The van der Waals surface area contributed by atoms with Crippen LogP contribution in [0.3, 0.4) is 0 Å². The first-order valence-corrected chi connectivity index (χ1v) is 6.78. The van der Waals surface area contributed by atoms with Crippen molar-refractivity contribution in [1.29, 1.82) is 0 Å². The second-order valence-corrected chi connectivity index (χ2v) is 5.90. The lowest BCUT2D eigenvalue weighted by Gasteiger charge is -2.12. The number of nitrogens with one attached hydrogen (secondary N) is 1. The minimum absolute atomic E-state index is 0.136. The Morgan fingerprint density at radius 1 is 1.33 bits per heavy atom. The van der Waals surface area contributed by atoms with E-state index in [-0.39, 0.29) is 17.7 Å². The summed E-state index contributed by atoms with van der Waals surface area (Å²) in [6.07, 6.45) is 0.259. The van der Waals surface area contributed by atoms with Gasteiger partial charge in [0.15, 0.2) is 5.82 Å². The van der Waals surface area contributed by atoms with Gasteiger partial charge in [0.1, 0.15) is 11.5 Å². The van der Waals surface area contributed by atoms with Crippen LogP contribution in [-0.4, -0.2) is 18.2 Å². The molecule has 0 aliphatic heterocycles. The van der Waals surface area contributed by atoms with Crippen LogP contribution in [0.2, 0.25) is 0 Å². The van der Waals surface area contributed by atoms with E-state index in [4.69, 9.17) is 9.26 Å². The summed E-state index contributed by atoms with van der Waals surface area (Å²) >= 11 is 0. The number of carbonyl (C=O) groups excluding carboxylic acids is 1. The molecule has 2 aromatic rings. The van der Waals surface area contributed by atoms with Crippen molar-refractivity contribution in [2.75, 3.05) is 12.4 Å². The van der Waals surface area contributed by atoms with Gasteiger partial charge in [-0.1, -0.05) is 38.1 Å². The van der Waals surface area contributed by atoms with Crippen molar-refractivity contribution >= 4 is 11.7 Å². The molecular formula is C16H20N2O3. The summed E-state index contributed by atoms with van der Waals surface area (Å²) in [7, 11) is 1.60. The number of aromatic nitrogens is 1. The molecule has 0 saturated carbocycles. The number of ether oxygens (including phenoxy) is 1. The SMILES string of the molecule is COc1cccc(CC(=O)Nc2cc(C(C)(C)C)on2)c1. The molecule has 112 valence electrons. The lowest BCUT2D eigenvalue weighted by atomic mass is 9.93. The predicted molar refractivity (Wildman–Crippen MR) is 80.5 cm³/mol. The average Bonchev–Trinajstić information content (AvgIpc) is 2.87. The number of amides is 1. The van der Waals surface area contributed by atoms with E-state index in [1.165, 1.54) is 0 Å². The number of methoxy groups -OCH3 is 1. The number of hydrogen-bond acceptors (Lipinski definition) is 4. The Bertz CT molecular complexity index is 626. The lowest BCUT2D eigenvalue weighted by molar-refractivity contribution is -0.115. The molecule has 0 fully saturated rings. The molecule has 5 heteroatoms. The van der Waals surface area contributed by atoms with Crippen LogP contribution in [0.15, 0.2) is 34.9 Å². The molecule has 0 atom stereocenters. The normalized spacial score (nSPS) is 11.2. The molecule has 1 N–H and O–H groups in total. The molecule has 0 aliphatic rings. The summed E-state index contributed by atoms with van der Waals surface area (Å²) in [5, 5.41) is 6.60. The van der Waals surface area contributed by atoms with Gasteiger partial charge in [-0.15, -0.1) is 0 Å². The maximum Gasteiger partial charge on any atom is 0.230 e. The molecule has 5 nitrogen and oxygen atoms in total. The summed E-state index contributed by atoms with van der Waals surface area (Å²) in [6.45, 7) is 6.07. The first-order chi connectivity index (χ1) is 9.88. The zero-order valence-electron chi connectivity index (χ0n) is 12.8. The number of benzene rings is 1. The number of hydrogen-bond donors (Lipinski definition) is 1. The third kappa shape index (κ3) is 4.08. The predicted octanol–water partition coefficient (Wildman–Crippen LogP) is 3.16. The third-order valence-electron chi connectivity index (χ3n) is 3.02. The molecule has 1 amide bonds. The van der Waals surface area contributed by atoms with Gasteiger partial charge in [0.2, 0.25) is 5.91 Å². The zero-order valence-corrected chi connectivity index (χ0v) is 12.8. The van der Waals surface area contributed by atoms with Gasteiger partial charge in [-0.3, -0.25) is 4.79 Å². The summed E-state index contributed by atoms with van der Waals surface area (Å²) < 4.78 is 10.4. The maximum atomic E-state index is 12.0. The number of nitrogens with zero attached hydrogens (tertiary/aromatic N) is 1. The fourth-order valence-electron chi connectivity index (χ4n) is 1.84. The highest BCUT2D eigenvalue weighted by Gasteiger charge is 2.20. The first kappa shape index (κ1) is 15.1. The van der Waals surface area contributed by atoms with Crippen molar-refractivity contribution < 1.29 is 14.1 Å². The molecule has 21 heavy (non-hydrogen) atoms. The van der Waals surface area contributed by atoms with Crippen molar-refractivity contribution in [2.24, 2.45) is 0 Å². The number of rotatable bonds is 4. The van der Waals surface area contributed by atoms with Gasteiger partial charge in [-0.2, -0.15) is 0 Å². The van der Waals surface area contributed by atoms with Crippen molar-refractivity contribution in [3.63, 3.8) is 0 Å². The second kappa shape index (κ2) is 5.99. The van der Waals surface area contributed by atoms with E-state index in [0.717, 1.165) is 17.1 Å². The van der Waals surface area contributed by atoms with E-state index in [1.807, 2.05) is 45.0 Å². The highest BCUT2D eigenvalue weighted by molar-refractivity contribution is 5.91. The zero-order chi connectivity index (χ0) is 15.5. The minimum atomic E-state index is -0.142. The molecule has 0 radical (unpaired) electrons. The van der Waals surface area contributed by atoms with Crippen LogP contribution in [0.1, 0.15) is 32.1 Å². The fourth-order valence-corrected chi connectivity index (χ4v) is 1.84. The summed E-state index contributed by atoms with van der Waals surface area (Å²) in [4.78, 5) is 12.0. The smallest absolute Gasteiger partial charge is 0.230 e. The summed E-state index contributed by atoms with van der Waals surface area (Å²) in [5.74, 6) is 1.76. The largest absolute Gasteiger partial charge is 0.497 e. The van der Waals surface area contributed by atoms with Crippen molar-refractivity contribution in [3.05, 3.63) is 41.7 Å². The molecule has 1 heterocycles. The Balaban J connectivity index is 2.00. The molecule has 1 aromatic carbocycles. The van der Waals surface area contributed by atoms with Crippen molar-refractivity contribution in [3.8, 4) is 5.75 Å². The van der Waals surface area contributed by atoms with Crippen LogP contribution < -0.4 is 10.1 Å². The molecule has 0 spiro atoms. The van der Waals surface area contributed by atoms with Gasteiger partial charge in [0.05, 0.1) is 13.5 Å². The number of carbonyl (C=O) groups is 1. The number of anilines is 1. The topological polar surface area (TPSA) is 64.4 Å². The van der Waals surface area contributed by atoms with Gasteiger partial charge < -0.3 is 14.6 Å². The van der Waals surface area contributed by atoms with E-state index in [1.54, 1.807) is 13.2 Å². The van der Waals surface area contributed by atoms with Crippen LogP contribution in [0.4, 0.5) is 5.82 Å². The molecule has 0 saturated heterocycles. The van der Waals surface area contributed by atoms with Crippen LogP contribution >= 0.6 is 0 Å². The maximum absolute atomic E-state index is 12.0. The monoisotopic (exact) mass is 288 g/mol. The third-order valence-corrected chi connectivity index (χ3v) is 3.02. The molecule has 0 bridgehead atoms. The Labute approximate surface area is 124 Å². The summed E-state index contributed by atoms with van der Waals surface area (Å²) in [5.41, 5.74) is 0.745. The second-order valence-electron chi connectivity index (χ2n) is 5.90. The van der Waals surface area contributed by atoms with Gasteiger partial charge in [-0.05, 0) is 17.7 Å². The summed E-state index contributed by atoms with van der Waals surface area (Å²) in [6, 6.07) is 9.17. The van der Waals surface area contributed by atoms with E-state index in [2.05, 4.69) is 10.5 Å². The van der Waals surface area contributed by atoms with Crippen LogP contribution in [0.5, 0.6) is 5.75 Å². The lowest BCUT2D eigenvalue weighted by Crippen LogP contribution is -2.14. The highest BCUT2D eigenvalue weighted by atomic mass is 16.5. The van der Waals surface area contributed by atoms with Crippen molar-refractivity contribution in [2.45, 2.75) is 32.6 Å². The van der Waals surface area contributed by atoms with E-state index in [9.17, 15) is 4.79 Å². The Morgan fingerprint density at radius 3 is 2.71 bits per heavy atom. The molecule has 0 unspecified atom stereocenters. The first-order valence-electron chi connectivity index (χ1n) is 6.78. The Kier molecular flexibility index (Phi) is 4.31. The average molecular weight is 288 g/mol. The van der Waals surface area contributed by atoms with Crippen LogP contribution in [0.25, 0.3) is 0 Å². The van der Waals surface area contributed by atoms with Crippen LogP contribution in [0, 0.1) is 0 Å². The van der Waals surface area contributed by atoms with Gasteiger partial charge >= 0.3 is 0 Å². The Morgan fingerprint density at radius 2 is 2.10 bits per heavy atom. The molecule has 1 aromatic heterocycles. The standard InChI is InChI=1S/C16H20N2O3/c1-16(2,3)13-10-14(18-21-13)17-15(19)9-11-6-5-7-12(8-11)20-4/h5-8,10H,9H2,1-4H3,(H,17,18,19). The van der Waals surface area contributed by atoms with Gasteiger partial charge in [0.25, 0.3) is 0 Å². The van der Waals surface area contributed by atoms with Crippen LogP contribution in [-0.2, 0) is 16.6 Å². The molecule has 0 aliphatic carbocycles. The molecule has 2 rings (SSSR count). The van der Waals surface area contributed by atoms with Gasteiger partial charge in [0, 0.05) is 11.5 Å². The van der Waals surface area contributed by atoms with E-state index >= 15 is 0 Å². The van der Waals surface area contributed by atoms with Gasteiger partial charge in [-0.25, -0.2) is 0 Å². The van der Waals surface area contributed by atoms with E-state index in [0.29, 0.717) is 5.82 Å². The highest BCUT2D eigenvalue weighted by Crippen LogP contribution is 2.24. The quantitative estimate of drug-likeness (QED) is 0.938.